The second-order valence-electron chi connectivity index (χ2n) is 4.10. The lowest BCUT2D eigenvalue weighted by Gasteiger charge is -2.17. The third kappa shape index (κ3) is 4.88. The fourth-order valence-corrected chi connectivity index (χ4v) is 2.27. The Labute approximate surface area is 115 Å². The maximum atomic E-state index is 11.8. The minimum absolute atomic E-state index is 0.104. The normalized spacial score (nSPS) is 10.2. The van der Waals surface area contributed by atoms with Crippen molar-refractivity contribution < 1.29 is 19.8 Å². The summed E-state index contributed by atoms with van der Waals surface area (Å²) in [5, 5.41) is 22.1. The molecule has 0 aromatic carbocycles. The molecule has 0 atom stereocenters. The number of nitrogens with one attached hydrogen (secondary N) is 1. The van der Waals surface area contributed by atoms with Crippen molar-refractivity contribution in [2.45, 2.75) is 19.3 Å². The highest BCUT2D eigenvalue weighted by molar-refractivity contribution is 7.14. The maximum Gasteiger partial charge on any atom is 0.338 e. The van der Waals surface area contributed by atoms with E-state index in [-0.39, 0.29) is 18.2 Å². The van der Waals surface area contributed by atoms with E-state index in [1.165, 1.54) is 22.3 Å². The van der Waals surface area contributed by atoms with Crippen LogP contribution in [0.5, 0.6) is 0 Å². The van der Waals surface area contributed by atoms with Gasteiger partial charge in [0.25, 0.3) is 0 Å². The molecule has 1 heterocycles. The van der Waals surface area contributed by atoms with Gasteiger partial charge in [0.05, 0.1) is 5.56 Å². The molecular formula is C12H18N2O4S. The van der Waals surface area contributed by atoms with E-state index >= 15 is 0 Å². The van der Waals surface area contributed by atoms with Crippen molar-refractivity contribution in [2.24, 2.45) is 0 Å². The van der Waals surface area contributed by atoms with Crippen molar-refractivity contribution in [3.05, 3.63) is 17.0 Å². The van der Waals surface area contributed by atoms with Gasteiger partial charge in [0.15, 0.2) is 0 Å². The molecule has 0 bridgehead atoms. The van der Waals surface area contributed by atoms with E-state index in [2.05, 4.69) is 5.32 Å². The number of carboxylic acids is 1. The first kappa shape index (κ1) is 15.5. The lowest BCUT2D eigenvalue weighted by Crippen LogP contribution is -2.32. The molecular weight excluding hydrogens is 268 g/mol. The van der Waals surface area contributed by atoms with Gasteiger partial charge in [0.2, 0.25) is 0 Å². The molecule has 0 unspecified atom stereocenters. The van der Waals surface area contributed by atoms with E-state index in [9.17, 15) is 9.59 Å². The molecule has 0 radical (unpaired) electrons. The standard InChI is InChI=1S/C12H18N2O4S/c1-14(6-3-2-4-7-15)12(18)13-10-9(11(16)17)5-8-19-10/h5,8,15H,2-4,6-7H2,1H3,(H,13,18)(H,16,17). The number of anilines is 1. The van der Waals surface area contributed by atoms with Gasteiger partial charge in [0.1, 0.15) is 5.00 Å². The van der Waals surface area contributed by atoms with Crippen molar-refractivity contribution in [3.63, 3.8) is 0 Å². The Morgan fingerprint density at radius 2 is 2.11 bits per heavy atom. The van der Waals surface area contributed by atoms with Crippen LogP contribution in [0.25, 0.3) is 0 Å². The highest BCUT2D eigenvalue weighted by Gasteiger charge is 2.15. The van der Waals surface area contributed by atoms with Gasteiger partial charge in [-0.05, 0) is 30.7 Å². The third-order valence-corrected chi connectivity index (χ3v) is 3.44. The molecule has 106 valence electrons. The van der Waals surface area contributed by atoms with Gasteiger partial charge >= 0.3 is 12.0 Å². The molecule has 0 saturated heterocycles. The SMILES string of the molecule is CN(CCCCCO)C(=O)Nc1sccc1C(=O)O. The van der Waals surface area contributed by atoms with Gasteiger partial charge in [-0.25, -0.2) is 9.59 Å². The molecule has 7 heteroatoms. The minimum atomic E-state index is -1.05. The van der Waals surface area contributed by atoms with Crippen molar-refractivity contribution in [1.29, 1.82) is 0 Å². The predicted molar refractivity (Wildman–Crippen MR) is 73.9 cm³/mol. The van der Waals surface area contributed by atoms with Crippen molar-refractivity contribution in [3.8, 4) is 0 Å². The summed E-state index contributed by atoms with van der Waals surface area (Å²) < 4.78 is 0. The molecule has 0 spiro atoms. The lowest BCUT2D eigenvalue weighted by molar-refractivity contribution is 0.0698. The summed E-state index contributed by atoms with van der Waals surface area (Å²) in [6, 6.07) is 1.14. The Morgan fingerprint density at radius 1 is 1.37 bits per heavy atom. The molecule has 0 saturated carbocycles. The van der Waals surface area contributed by atoms with Crippen LogP contribution in [-0.2, 0) is 0 Å². The monoisotopic (exact) mass is 286 g/mol. The fourth-order valence-electron chi connectivity index (χ4n) is 1.51. The number of aliphatic hydroxyl groups is 1. The van der Waals surface area contributed by atoms with Crippen LogP contribution in [0.3, 0.4) is 0 Å². The fraction of sp³-hybridized carbons (Fsp3) is 0.500. The molecule has 3 N–H and O–H groups in total. The average Bonchev–Trinajstić information content (AvgIpc) is 2.82. The van der Waals surface area contributed by atoms with E-state index < -0.39 is 5.97 Å². The second kappa shape index (κ2) is 7.75. The highest BCUT2D eigenvalue weighted by atomic mass is 32.1. The van der Waals surface area contributed by atoms with Crippen LogP contribution >= 0.6 is 11.3 Å². The number of aliphatic hydroxyl groups excluding tert-OH is 1. The lowest BCUT2D eigenvalue weighted by atomic mass is 10.2. The molecule has 0 aliphatic carbocycles. The third-order valence-electron chi connectivity index (χ3n) is 2.61. The Hall–Kier alpha value is -1.60. The number of carboxylic acid groups (broad SMARTS) is 1. The number of aromatic carboxylic acids is 1. The number of thiophene rings is 1. The number of unbranched alkanes of at least 4 members (excludes halogenated alkanes) is 2. The molecule has 1 aromatic rings. The maximum absolute atomic E-state index is 11.8. The zero-order chi connectivity index (χ0) is 14.3. The molecule has 1 aromatic heterocycles. The predicted octanol–water partition coefficient (Wildman–Crippen LogP) is 2.07. The van der Waals surface area contributed by atoms with E-state index in [0.717, 1.165) is 19.3 Å². The summed E-state index contributed by atoms with van der Waals surface area (Å²) >= 11 is 1.18. The Bertz CT molecular complexity index is 433. The molecule has 0 aliphatic rings. The Kier molecular flexibility index (Phi) is 6.31. The van der Waals surface area contributed by atoms with Crippen molar-refractivity contribution in [2.75, 3.05) is 25.5 Å². The largest absolute Gasteiger partial charge is 0.478 e. The van der Waals surface area contributed by atoms with Gasteiger partial charge in [-0.1, -0.05) is 0 Å². The van der Waals surface area contributed by atoms with Crippen LogP contribution in [0.1, 0.15) is 29.6 Å². The van der Waals surface area contributed by atoms with Crippen LogP contribution in [0.2, 0.25) is 0 Å². The highest BCUT2D eigenvalue weighted by Crippen LogP contribution is 2.23. The summed E-state index contributed by atoms with van der Waals surface area (Å²) in [5.41, 5.74) is 0.104. The number of hydrogen-bond acceptors (Lipinski definition) is 4. The zero-order valence-corrected chi connectivity index (χ0v) is 11.6. The summed E-state index contributed by atoms with van der Waals surface area (Å²) in [5.74, 6) is -1.05. The quantitative estimate of drug-likeness (QED) is 0.669. The summed E-state index contributed by atoms with van der Waals surface area (Å²) in [4.78, 5) is 24.2. The van der Waals surface area contributed by atoms with Crippen LogP contribution < -0.4 is 5.32 Å². The number of rotatable bonds is 7. The number of hydrogen-bond donors (Lipinski definition) is 3. The molecule has 0 fully saturated rings. The molecule has 6 nitrogen and oxygen atoms in total. The smallest absolute Gasteiger partial charge is 0.338 e. The molecule has 0 aliphatic heterocycles. The molecule has 2 amide bonds. The van der Waals surface area contributed by atoms with Crippen LogP contribution in [0.4, 0.5) is 9.80 Å². The first-order valence-electron chi connectivity index (χ1n) is 6.00. The van der Waals surface area contributed by atoms with Crippen LogP contribution in [0.15, 0.2) is 11.4 Å². The second-order valence-corrected chi connectivity index (χ2v) is 5.02. The molecule has 1 rings (SSSR count). The topological polar surface area (TPSA) is 89.9 Å². The minimum Gasteiger partial charge on any atom is -0.478 e. The molecule has 19 heavy (non-hydrogen) atoms. The summed E-state index contributed by atoms with van der Waals surface area (Å²) in [6.07, 6.45) is 2.39. The number of carbonyl (C=O) groups is 2. The van der Waals surface area contributed by atoms with E-state index in [1.54, 1.807) is 12.4 Å². The summed E-state index contributed by atoms with van der Waals surface area (Å²) in [6.45, 7) is 0.729. The summed E-state index contributed by atoms with van der Waals surface area (Å²) in [7, 11) is 1.66. The number of carbonyl (C=O) groups excluding carboxylic acids is 1. The first-order valence-corrected chi connectivity index (χ1v) is 6.88. The van der Waals surface area contributed by atoms with Gasteiger partial charge in [-0.3, -0.25) is 5.32 Å². The number of amides is 2. The van der Waals surface area contributed by atoms with E-state index in [1.807, 2.05) is 0 Å². The van der Waals surface area contributed by atoms with Gasteiger partial charge < -0.3 is 15.1 Å². The first-order chi connectivity index (χ1) is 9.06. The number of urea groups is 1. The van der Waals surface area contributed by atoms with Gasteiger partial charge in [-0.15, -0.1) is 11.3 Å². The van der Waals surface area contributed by atoms with Crippen LogP contribution in [0, 0.1) is 0 Å². The van der Waals surface area contributed by atoms with E-state index in [0.29, 0.717) is 11.5 Å². The number of nitrogens with zero attached hydrogens (tertiary/aromatic N) is 1. The van der Waals surface area contributed by atoms with Crippen LogP contribution in [-0.4, -0.2) is 47.3 Å². The van der Waals surface area contributed by atoms with Gasteiger partial charge in [-0.2, -0.15) is 0 Å². The van der Waals surface area contributed by atoms with Gasteiger partial charge in [0, 0.05) is 20.2 Å². The Morgan fingerprint density at radius 3 is 2.74 bits per heavy atom. The van der Waals surface area contributed by atoms with E-state index in [4.69, 9.17) is 10.2 Å². The average molecular weight is 286 g/mol. The van der Waals surface area contributed by atoms with Crippen molar-refractivity contribution >= 4 is 28.3 Å². The zero-order valence-electron chi connectivity index (χ0n) is 10.8. The Balaban J connectivity index is 2.45. The van der Waals surface area contributed by atoms with Crippen molar-refractivity contribution in [1.82, 2.24) is 4.90 Å².